The highest BCUT2D eigenvalue weighted by atomic mass is 127. The van der Waals surface area contributed by atoms with E-state index in [1.165, 1.54) is 25.7 Å². The van der Waals surface area contributed by atoms with Crippen molar-refractivity contribution in [2.45, 2.75) is 57.7 Å². The van der Waals surface area contributed by atoms with Crippen LogP contribution in [-0.2, 0) is 13.6 Å². The van der Waals surface area contributed by atoms with Crippen LogP contribution in [0.3, 0.4) is 0 Å². The maximum atomic E-state index is 5.44. The normalized spacial score (nSPS) is 18.8. The van der Waals surface area contributed by atoms with Gasteiger partial charge in [0, 0.05) is 56.1 Å². The van der Waals surface area contributed by atoms with Crippen LogP contribution in [0.1, 0.15) is 43.8 Å². The molecule has 9 nitrogen and oxygen atoms in total. The van der Waals surface area contributed by atoms with Crippen LogP contribution in [0.4, 0.5) is 5.69 Å². The minimum absolute atomic E-state index is 0. The van der Waals surface area contributed by atoms with Crippen molar-refractivity contribution in [3.8, 4) is 11.5 Å². The Morgan fingerprint density at radius 1 is 1.03 bits per heavy atom. The highest BCUT2D eigenvalue weighted by molar-refractivity contribution is 14.0. The number of nitrogens with one attached hydrogen (secondary N) is 2. The molecule has 1 aromatic carbocycles. The van der Waals surface area contributed by atoms with Crippen molar-refractivity contribution in [1.82, 2.24) is 25.4 Å². The molecule has 2 aliphatic rings. The van der Waals surface area contributed by atoms with Gasteiger partial charge in [-0.05, 0) is 26.2 Å². The van der Waals surface area contributed by atoms with Gasteiger partial charge in [0.05, 0.1) is 14.2 Å². The lowest BCUT2D eigenvalue weighted by molar-refractivity contribution is 0.394. The molecule has 0 bridgehead atoms. The number of guanidine groups is 1. The van der Waals surface area contributed by atoms with E-state index in [2.05, 4.69) is 37.9 Å². The molecule has 1 saturated heterocycles. The largest absolute Gasteiger partial charge is 0.497 e. The topological polar surface area (TPSA) is 88.8 Å². The van der Waals surface area contributed by atoms with Gasteiger partial charge >= 0.3 is 0 Å². The molecule has 2 heterocycles. The Labute approximate surface area is 213 Å². The molecule has 2 fully saturated rings. The van der Waals surface area contributed by atoms with Crippen molar-refractivity contribution in [2.75, 3.05) is 32.2 Å². The van der Waals surface area contributed by atoms with Crippen LogP contribution in [0.25, 0.3) is 0 Å². The van der Waals surface area contributed by atoms with Crippen LogP contribution >= 0.6 is 24.0 Å². The van der Waals surface area contributed by atoms with E-state index < -0.39 is 0 Å². The van der Waals surface area contributed by atoms with E-state index in [0.717, 1.165) is 54.3 Å². The third-order valence-corrected chi connectivity index (χ3v) is 6.49. The first-order valence-corrected chi connectivity index (χ1v) is 11.5. The Morgan fingerprint density at radius 3 is 2.30 bits per heavy atom. The van der Waals surface area contributed by atoms with Gasteiger partial charge in [0.1, 0.15) is 23.9 Å². The van der Waals surface area contributed by atoms with Gasteiger partial charge < -0.3 is 29.6 Å². The van der Waals surface area contributed by atoms with E-state index in [1.807, 2.05) is 24.6 Å². The molecule has 0 radical (unpaired) electrons. The predicted molar refractivity (Wildman–Crippen MR) is 141 cm³/mol. The van der Waals surface area contributed by atoms with E-state index in [4.69, 9.17) is 14.5 Å². The van der Waals surface area contributed by atoms with Crippen molar-refractivity contribution >= 4 is 35.6 Å². The number of anilines is 1. The Bertz CT molecular complexity index is 921. The molecule has 1 atom stereocenters. The van der Waals surface area contributed by atoms with Crippen LogP contribution in [-0.4, -0.2) is 60.1 Å². The minimum Gasteiger partial charge on any atom is -0.497 e. The van der Waals surface area contributed by atoms with Gasteiger partial charge in [-0.25, -0.2) is 4.99 Å². The second-order valence-electron chi connectivity index (χ2n) is 8.66. The Hall–Kier alpha value is -2.24. The number of nitrogens with zero attached hydrogens (tertiary/aromatic N) is 5. The lowest BCUT2D eigenvalue weighted by Gasteiger charge is -2.23. The van der Waals surface area contributed by atoms with Gasteiger partial charge in [-0.15, -0.1) is 34.2 Å². The number of hydrogen-bond acceptors (Lipinski definition) is 6. The van der Waals surface area contributed by atoms with Crippen LogP contribution in [0.15, 0.2) is 23.2 Å². The molecule has 33 heavy (non-hydrogen) atoms. The zero-order valence-electron chi connectivity index (χ0n) is 20.0. The van der Waals surface area contributed by atoms with E-state index >= 15 is 0 Å². The fourth-order valence-electron chi connectivity index (χ4n) is 4.42. The van der Waals surface area contributed by atoms with E-state index in [1.54, 1.807) is 14.2 Å². The number of benzene rings is 1. The van der Waals surface area contributed by atoms with Gasteiger partial charge in [-0.3, -0.25) is 0 Å². The second-order valence-corrected chi connectivity index (χ2v) is 8.66. The van der Waals surface area contributed by atoms with Crippen LogP contribution in [0, 0.1) is 6.92 Å². The molecule has 1 unspecified atom stereocenters. The van der Waals surface area contributed by atoms with Crippen molar-refractivity contribution in [1.29, 1.82) is 0 Å². The molecule has 2 N–H and O–H groups in total. The molecule has 0 amide bonds. The summed E-state index contributed by atoms with van der Waals surface area (Å²) in [5.74, 6) is 4.24. The summed E-state index contributed by atoms with van der Waals surface area (Å²) in [6.07, 6.45) is 5.99. The van der Waals surface area contributed by atoms with Crippen LogP contribution in [0.2, 0.25) is 0 Å². The molecule has 1 aliphatic heterocycles. The number of aryl methyl sites for hydroxylation is 1. The maximum Gasteiger partial charge on any atom is 0.192 e. The summed E-state index contributed by atoms with van der Waals surface area (Å²) in [5.41, 5.74) is 1.11. The SMILES string of the molecule is COc1cc(OC)cc(N2CCC(NC(=NCc3nnc(C)n3C)NC3CCCC3)C2)c1.I. The number of ether oxygens (including phenoxy) is 2. The molecule has 1 saturated carbocycles. The summed E-state index contributed by atoms with van der Waals surface area (Å²) < 4.78 is 12.9. The number of halogens is 1. The molecular weight excluding hydrogens is 533 g/mol. The van der Waals surface area contributed by atoms with Gasteiger partial charge in [0.15, 0.2) is 11.8 Å². The van der Waals surface area contributed by atoms with Gasteiger partial charge in [0.2, 0.25) is 0 Å². The molecule has 10 heteroatoms. The molecule has 1 aromatic heterocycles. The van der Waals surface area contributed by atoms with E-state index in [0.29, 0.717) is 18.6 Å². The van der Waals surface area contributed by atoms with Crippen molar-refractivity contribution in [3.63, 3.8) is 0 Å². The van der Waals surface area contributed by atoms with Crippen molar-refractivity contribution in [3.05, 3.63) is 29.8 Å². The number of methoxy groups -OCH3 is 2. The summed E-state index contributed by atoms with van der Waals surface area (Å²) in [7, 11) is 5.35. The first-order chi connectivity index (χ1) is 15.6. The van der Waals surface area contributed by atoms with Crippen LogP contribution < -0.4 is 25.0 Å². The first kappa shape index (κ1) is 25.4. The van der Waals surface area contributed by atoms with Gasteiger partial charge in [-0.1, -0.05) is 12.8 Å². The monoisotopic (exact) mass is 569 g/mol. The lowest BCUT2D eigenvalue weighted by atomic mass is 10.2. The fraction of sp³-hybridized carbons (Fsp3) is 0.609. The van der Waals surface area contributed by atoms with Crippen molar-refractivity contribution < 1.29 is 9.47 Å². The minimum atomic E-state index is 0. The highest BCUT2D eigenvalue weighted by Crippen LogP contribution is 2.30. The molecule has 1 aliphatic carbocycles. The average Bonchev–Trinajstić information content (AvgIpc) is 3.56. The summed E-state index contributed by atoms with van der Waals surface area (Å²) in [6, 6.07) is 6.82. The summed E-state index contributed by atoms with van der Waals surface area (Å²) in [4.78, 5) is 7.22. The zero-order chi connectivity index (χ0) is 22.5. The third kappa shape index (κ3) is 6.42. The third-order valence-electron chi connectivity index (χ3n) is 6.49. The molecule has 0 spiro atoms. The Morgan fingerprint density at radius 2 is 1.70 bits per heavy atom. The standard InChI is InChI=1S/C23H35N7O2.HI/c1-16-27-28-22(29(16)2)14-24-23(25-17-7-5-6-8-17)26-18-9-10-30(15-18)19-11-20(31-3)13-21(12-19)32-4;/h11-13,17-18H,5-10,14-15H2,1-4H3,(H2,24,25,26);1H. The quantitative estimate of drug-likeness (QED) is 0.301. The summed E-state index contributed by atoms with van der Waals surface area (Å²) >= 11 is 0. The maximum absolute atomic E-state index is 5.44. The number of rotatable bonds is 7. The second kappa shape index (κ2) is 11.8. The molecular formula is C23H36IN7O2. The van der Waals surface area contributed by atoms with E-state index in [9.17, 15) is 0 Å². The van der Waals surface area contributed by atoms with Crippen LogP contribution in [0.5, 0.6) is 11.5 Å². The number of aliphatic imine (C=N–C) groups is 1. The smallest absolute Gasteiger partial charge is 0.192 e. The molecule has 4 rings (SSSR count). The fourth-order valence-corrected chi connectivity index (χ4v) is 4.42. The van der Waals surface area contributed by atoms with E-state index in [-0.39, 0.29) is 24.0 Å². The number of aromatic nitrogens is 3. The summed E-state index contributed by atoms with van der Waals surface area (Å²) in [5, 5.41) is 15.7. The average molecular weight is 569 g/mol. The lowest BCUT2D eigenvalue weighted by Crippen LogP contribution is -2.47. The molecule has 182 valence electrons. The van der Waals surface area contributed by atoms with Gasteiger partial charge in [-0.2, -0.15) is 0 Å². The Balaban J connectivity index is 0.00000306. The van der Waals surface area contributed by atoms with Gasteiger partial charge in [0.25, 0.3) is 0 Å². The zero-order valence-corrected chi connectivity index (χ0v) is 22.3. The Kier molecular flexibility index (Phi) is 9.04. The number of hydrogen-bond donors (Lipinski definition) is 2. The first-order valence-electron chi connectivity index (χ1n) is 11.5. The summed E-state index contributed by atoms with van der Waals surface area (Å²) in [6.45, 7) is 4.32. The molecule has 2 aromatic rings. The highest BCUT2D eigenvalue weighted by Gasteiger charge is 2.25. The predicted octanol–water partition coefficient (Wildman–Crippen LogP) is 3.02. The van der Waals surface area contributed by atoms with Crippen molar-refractivity contribution in [2.24, 2.45) is 12.0 Å².